The topological polar surface area (TPSA) is 84.2 Å². The summed E-state index contributed by atoms with van der Waals surface area (Å²) in [6.07, 6.45) is 2.91. The molecule has 0 bridgehead atoms. The molecule has 19 heavy (non-hydrogen) atoms. The molecule has 0 amide bonds. The quantitative estimate of drug-likeness (QED) is 0.360. The van der Waals surface area contributed by atoms with Crippen LogP contribution < -0.4 is 5.32 Å². The Morgan fingerprint density at radius 3 is 3.00 bits per heavy atom. The molecule has 100 valence electrons. The van der Waals surface area contributed by atoms with Gasteiger partial charge in [0.2, 0.25) is 0 Å². The number of rotatable bonds is 6. The van der Waals surface area contributed by atoms with Gasteiger partial charge in [0.1, 0.15) is 18.5 Å². The molecule has 0 aliphatic rings. The maximum Gasteiger partial charge on any atom is 0.350 e. The van der Waals surface area contributed by atoms with Gasteiger partial charge >= 0.3 is 5.97 Å². The zero-order valence-electron chi connectivity index (χ0n) is 10.8. The minimum absolute atomic E-state index is 0.108. The van der Waals surface area contributed by atoms with E-state index in [4.69, 9.17) is 14.7 Å². The Kier molecular flexibility index (Phi) is 6.06. The summed E-state index contributed by atoms with van der Waals surface area (Å²) in [5, 5.41) is 11.7. The van der Waals surface area contributed by atoms with Crippen molar-refractivity contribution in [2.75, 3.05) is 25.6 Å². The summed E-state index contributed by atoms with van der Waals surface area (Å²) in [7, 11) is 1.50. The molecule has 0 spiro atoms. The summed E-state index contributed by atoms with van der Waals surface area (Å²) in [5.74, 6) is -0.142. The lowest BCUT2D eigenvalue weighted by molar-refractivity contribution is -0.139. The normalized spacial score (nSPS) is 10.7. The highest BCUT2D eigenvalue weighted by Gasteiger charge is 2.10. The number of anilines is 1. The molecular weight excluding hydrogens is 246 g/mol. The van der Waals surface area contributed by atoms with Crippen LogP contribution in [0.5, 0.6) is 0 Å². The van der Waals surface area contributed by atoms with Crippen molar-refractivity contribution in [1.82, 2.24) is 4.98 Å². The highest BCUT2D eigenvalue weighted by atomic mass is 16.6. The first kappa shape index (κ1) is 14.7. The number of carbonyl (C=O) groups is 1. The van der Waals surface area contributed by atoms with Gasteiger partial charge in [0, 0.05) is 19.5 Å². The fourth-order valence-electron chi connectivity index (χ4n) is 1.19. The van der Waals surface area contributed by atoms with Gasteiger partial charge in [0.15, 0.2) is 5.57 Å². The van der Waals surface area contributed by atoms with Gasteiger partial charge in [-0.2, -0.15) is 5.26 Å². The van der Waals surface area contributed by atoms with Crippen molar-refractivity contribution in [3.63, 3.8) is 0 Å². The van der Waals surface area contributed by atoms with E-state index in [1.54, 1.807) is 18.3 Å². The molecule has 0 saturated carbocycles. The third kappa shape index (κ3) is 5.19. The number of nitrogens with zero attached hydrogens (tertiary/aromatic N) is 2. The van der Waals surface area contributed by atoms with Crippen LogP contribution in [0.25, 0.3) is 0 Å². The lowest BCUT2D eigenvalue weighted by Crippen LogP contribution is -2.12. The van der Waals surface area contributed by atoms with Crippen LogP contribution in [-0.2, 0) is 14.3 Å². The monoisotopic (exact) mass is 261 g/mol. The van der Waals surface area contributed by atoms with Gasteiger partial charge in [0.05, 0.1) is 6.61 Å². The lowest BCUT2D eigenvalue weighted by atomic mass is 10.3. The fraction of sp³-hybridized carbons (Fsp3) is 0.308. The predicted molar refractivity (Wildman–Crippen MR) is 69.1 cm³/mol. The van der Waals surface area contributed by atoms with Crippen molar-refractivity contribution in [2.24, 2.45) is 0 Å². The number of hydrogen-bond acceptors (Lipinski definition) is 6. The molecule has 1 aromatic rings. The number of methoxy groups -OCH3 is 1. The maximum atomic E-state index is 11.5. The third-order valence-electron chi connectivity index (χ3n) is 2.14. The van der Waals surface area contributed by atoms with Crippen molar-refractivity contribution in [3.8, 4) is 6.07 Å². The number of ether oxygens (including phenoxy) is 2. The molecular formula is C13H15N3O3. The minimum Gasteiger partial charge on any atom is -0.459 e. The Bertz CT molecular complexity index is 506. The molecule has 0 radical (unpaired) electrons. The molecule has 0 aromatic carbocycles. The van der Waals surface area contributed by atoms with Gasteiger partial charge in [-0.25, -0.2) is 9.78 Å². The third-order valence-corrected chi connectivity index (χ3v) is 2.14. The fourth-order valence-corrected chi connectivity index (χ4v) is 1.19. The molecule has 6 nitrogen and oxygen atoms in total. The number of hydrogen-bond donors (Lipinski definition) is 1. The van der Waals surface area contributed by atoms with Crippen LogP contribution >= 0.6 is 0 Å². The second-order valence-corrected chi connectivity index (χ2v) is 3.66. The molecule has 1 heterocycles. The maximum absolute atomic E-state index is 11.5. The van der Waals surface area contributed by atoms with Crippen molar-refractivity contribution >= 4 is 11.8 Å². The van der Waals surface area contributed by atoms with E-state index in [2.05, 4.69) is 10.3 Å². The molecule has 0 fully saturated rings. The van der Waals surface area contributed by atoms with E-state index in [0.29, 0.717) is 5.82 Å². The lowest BCUT2D eigenvalue weighted by Gasteiger charge is -2.04. The highest BCUT2D eigenvalue weighted by molar-refractivity contribution is 5.93. The number of nitriles is 1. The number of aromatic nitrogens is 1. The number of nitrogens with one attached hydrogen (secondary N) is 1. The zero-order chi connectivity index (χ0) is 14.1. The summed E-state index contributed by atoms with van der Waals surface area (Å²) in [5.41, 5.74) is 0.895. The molecule has 6 heteroatoms. The molecule has 1 aromatic heterocycles. The molecule has 0 aliphatic carbocycles. The van der Waals surface area contributed by atoms with E-state index in [1.165, 1.54) is 13.3 Å². The van der Waals surface area contributed by atoms with E-state index >= 15 is 0 Å². The molecule has 0 unspecified atom stereocenters. The van der Waals surface area contributed by atoms with Crippen LogP contribution in [-0.4, -0.2) is 31.3 Å². The van der Waals surface area contributed by atoms with Crippen molar-refractivity contribution in [1.29, 1.82) is 5.26 Å². The van der Waals surface area contributed by atoms with Gasteiger partial charge in [-0.05, 0) is 24.6 Å². The minimum atomic E-state index is -0.695. The first-order valence-electron chi connectivity index (χ1n) is 5.63. The summed E-state index contributed by atoms with van der Waals surface area (Å²) < 4.78 is 9.58. The Hall–Kier alpha value is -2.39. The molecule has 1 rings (SSSR count). The Morgan fingerprint density at radius 2 is 2.37 bits per heavy atom. The van der Waals surface area contributed by atoms with Crippen LogP contribution in [0.15, 0.2) is 30.1 Å². The van der Waals surface area contributed by atoms with E-state index in [-0.39, 0.29) is 18.8 Å². The van der Waals surface area contributed by atoms with E-state index < -0.39 is 5.97 Å². The summed E-state index contributed by atoms with van der Waals surface area (Å²) in [6.45, 7) is 2.31. The molecule has 0 atom stereocenters. The zero-order valence-corrected chi connectivity index (χ0v) is 10.8. The van der Waals surface area contributed by atoms with Crippen molar-refractivity contribution < 1.29 is 14.3 Å². The second kappa shape index (κ2) is 7.84. The predicted octanol–water partition coefficient (Wildman–Crippen LogP) is 1.40. The van der Waals surface area contributed by atoms with Crippen molar-refractivity contribution in [2.45, 2.75) is 6.92 Å². The SMILES string of the molecule is COCCOC(=O)C(C#N)=CNc1cc(C)ccn1. The Morgan fingerprint density at radius 1 is 1.58 bits per heavy atom. The van der Waals surface area contributed by atoms with Gasteiger partial charge in [0.25, 0.3) is 0 Å². The summed E-state index contributed by atoms with van der Waals surface area (Å²) in [6, 6.07) is 5.41. The molecule has 1 N–H and O–H groups in total. The standard InChI is InChI=1S/C13H15N3O3/c1-10-3-4-15-12(7-10)16-9-11(8-14)13(17)19-6-5-18-2/h3-4,7,9H,5-6H2,1-2H3,(H,15,16). The number of carbonyl (C=O) groups excluding carboxylic acids is 1. The summed E-state index contributed by atoms with van der Waals surface area (Å²) >= 11 is 0. The van der Waals surface area contributed by atoms with E-state index in [1.807, 2.05) is 13.0 Å². The van der Waals surface area contributed by atoms with Crippen molar-refractivity contribution in [3.05, 3.63) is 35.7 Å². The molecule has 0 aliphatic heterocycles. The first-order valence-corrected chi connectivity index (χ1v) is 5.63. The van der Waals surface area contributed by atoms with Crippen LogP contribution in [0.1, 0.15) is 5.56 Å². The Labute approximate surface area is 111 Å². The molecule has 0 saturated heterocycles. The highest BCUT2D eigenvalue weighted by Crippen LogP contribution is 2.06. The number of aryl methyl sites for hydroxylation is 1. The van der Waals surface area contributed by atoms with Gasteiger partial charge in [-0.3, -0.25) is 0 Å². The second-order valence-electron chi connectivity index (χ2n) is 3.66. The smallest absolute Gasteiger partial charge is 0.350 e. The van der Waals surface area contributed by atoms with E-state index in [0.717, 1.165) is 5.56 Å². The average Bonchev–Trinajstić information content (AvgIpc) is 2.40. The van der Waals surface area contributed by atoms with Crippen LogP contribution in [0, 0.1) is 18.3 Å². The van der Waals surface area contributed by atoms with Crippen LogP contribution in [0.4, 0.5) is 5.82 Å². The Balaban J connectivity index is 2.62. The number of pyridine rings is 1. The van der Waals surface area contributed by atoms with Crippen LogP contribution in [0.3, 0.4) is 0 Å². The average molecular weight is 261 g/mol. The van der Waals surface area contributed by atoms with Crippen LogP contribution in [0.2, 0.25) is 0 Å². The largest absolute Gasteiger partial charge is 0.459 e. The first-order chi connectivity index (χ1) is 9.17. The van der Waals surface area contributed by atoms with E-state index in [9.17, 15) is 4.79 Å². The van der Waals surface area contributed by atoms with Gasteiger partial charge in [-0.1, -0.05) is 0 Å². The van der Waals surface area contributed by atoms with Gasteiger partial charge in [-0.15, -0.1) is 0 Å². The summed E-state index contributed by atoms with van der Waals surface area (Å²) in [4.78, 5) is 15.6. The number of esters is 1. The van der Waals surface area contributed by atoms with Gasteiger partial charge < -0.3 is 14.8 Å².